The van der Waals surface area contributed by atoms with Crippen molar-refractivity contribution in [2.75, 3.05) is 26.9 Å². The summed E-state index contributed by atoms with van der Waals surface area (Å²) < 4.78 is 23.1. The molecule has 138 valence electrons. The smallest absolute Gasteiger partial charge is 0.468 e. The number of carbonyl (C=O) groups excluding carboxylic acids is 1. The van der Waals surface area contributed by atoms with E-state index in [9.17, 15) is 4.79 Å². The maximum atomic E-state index is 12.6. The van der Waals surface area contributed by atoms with Gasteiger partial charge in [0.05, 0.1) is 18.1 Å². The van der Waals surface area contributed by atoms with Crippen molar-refractivity contribution in [1.29, 1.82) is 0 Å². The van der Waals surface area contributed by atoms with E-state index in [1.54, 1.807) is 0 Å². The summed E-state index contributed by atoms with van der Waals surface area (Å²) in [6.07, 6.45) is 4.51. The van der Waals surface area contributed by atoms with Gasteiger partial charge in [0.2, 0.25) is 0 Å². The quantitative estimate of drug-likeness (QED) is 0.468. The minimum absolute atomic E-state index is 0.118. The summed E-state index contributed by atoms with van der Waals surface area (Å²) in [7, 11) is -1.55. The van der Waals surface area contributed by atoms with Gasteiger partial charge in [-0.3, -0.25) is 4.79 Å². The highest BCUT2D eigenvalue weighted by Gasteiger charge is 2.73. The molecule has 1 aliphatic rings. The zero-order chi connectivity index (χ0) is 18.3. The van der Waals surface area contributed by atoms with Crippen LogP contribution >= 0.6 is 0 Å². The molecule has 0 bridgehead atoms. The molecule has 0 saturated heterocycles. The lowest BCUT2D eigenvalue weighted by molar-refractivity contribution is -0.145. The molecule has 0 aliphatic heterocycles. The summed E-state index contributed by atoms with van der Waals surface area (Å²) in [6.45, 7) is 7.22. The summed E-state index contributed by atoms with van der Waals surface area (Å²) in [5.41, 5.74) is 0.177. The predicted molar refractivity (Wildman–Crippen MR) is 98.9 cm³/mol. The lowest BCUT2D eigenvalue weighted by atomic mass is 10.1. The van der Waals surface area contributed by atoms with Crippen molar-refractivity contribution in [3.05, 3.63) is 42.0 Å². The van der Waals surface area contributed by atoms with Crippen molar-refractivity contribution in [1.82, 2.24) is 0 Å². The van der Waals surface area contributed by atoms with E-state index in [1.165, 1.54) is 7.11 Å². The van der Waals surface area contributed by atoms with E-state index in [2.05, 4.69) is 0 Å². The molecular weight excluding hydrogens is 336 g/mol. The Morgan fingerprint density at radius 1 is 1.12 bits per heavy atom. The van der Waals surface area contributed by atoms with Crippen LogP contribution in [0.25, 0.3) is 6.08 Å². The van der Waals surface area contributed by atoms with Crippen LogP contribution in [0.4, 0.5) is 0 Å². The fourth-order valence-corrected chi connectivity index (χ4v) is 6.72. The molecule has 5 nitrogen and oxygen atoms in total. The SMILES string of the molecule is CCO[Si](OCC)(OCC)[C@@H]1C[C@@]1(/C=C/c1ccccc1)C(=O)OC. The van der Waals surface area contributed by atoms with Crippen molar-refractivity contribution < 1.29 is 22.8 Å². The molecular formula is C19H28O5Si. The van der Waals surface area contributed by atoms with Crippen LogP contribution in [0.1, 0.15) is 32.8 Å². The Morgan fingerprint density at radius 2 is 1.68 bits per heavy atom. The van der Waals surface area contributed by atoms with Crippen LogP contribution in [0.3, 0.4) is 0 Å². The van der Waals surface area contributed by atoms with Crippen molar-refractivity contribution in [2.24, 2.45) is 5.41 Å². The molecule has 25 heavy (non-hydrogen) atoms. The summed E-state index contributed by atoms with van der Waals surface area (Å²) >= 11 is 0. The normalized spacial score (nSPS) is 23.0. The van der Waals surface area contributed by atoms with Gasteiger partial charge in [-0.25, -0.2) is 0 Å². The van der Waals surface area contributed by atoms with Gasteiger partial charge < -0.3 is 18.0 Å². The Hall–Kier alpha value is -1.47. The third-order valence-electron chi connectivity index (χ3n) is 4.41. The maximum Gasteiger partial charge on any atom is 0.505 e. The zero-order valence-electron chi connectivity index (χ0n) is 15.5. The third kappa shape index (κ3) is 4.20. The first-order valence-electron chi connectivity index (χ1n) is 8.83. The van der Waals surface area contributed by atoms with Gasteiger partial charge in [-0.2, -0.15) is 0 Å². The zero-order valence-corrected chi connectivity index (χ0v) is 16.5. The average Bonchev–Trinajstić information content (AvgIpc) is 3.37. The molecule has 1 fully saturated rings. The van der Waals surface area contributed by atoms with Crippen molar-refractivity contribution >= 4 is 20.8 Å². The molecule has 1 aliphatic carbocycles. The second-order valence-electron chi connectivity index (χ2n) is 5.94. The van der Waals surface area contributed by atoms with Crippen molar-refractivity contribution in [2.45, 2.75) is 32.7 Å². The van der Waals surface area contributed by atoms with Crippen LogP contribution in [0.15, 0.2) is 36.4 Å². The second-order valence-corrected chi connectivity index (χ2v) is 8.71. The third-order valence-corrected chi connectivity index (χ3v) is 8.05. The first-order valence-corrected chi connectivity index (χ1v) is 10.6. The average molecular weight is 365 g/mol. The molecule has 1 aromatic carbocycles. The van der Waals surface area contributed by atoms with Crippen LogP contribution in [0.2, 0.25) is 5.54 Å². The highest BCUT2D eigenvalue weighted by Crippen LogP contribution is 2.65. The van der Waals surface area contributed by atoms with Crippen LogP contribution in [0, 0.1) is 5.41 Å². The van der Waals surface area contributed by atoms with E-state index >= 15 is 0 Å². The fraction of sp³-hybridized carbons (Fsp3) is 0.526. The lowest BCUT2D eigenvalue weighted by Crippen LogP contribution is -2.48. The van der Waals surface area contributed by atoms with E-state index < -0.39 is 14.2 Å². The molecule has 1 aromatic rings. The second kappa shape index (κ2) is 8.76. The molecule has 0 amide bonds. The number of methoxy groups -OCH3 is 1. The van der Waals surface area contributed by atoms with Gasteiger partial charge in [-0.15, -0.1) is 0 Å². The Labute approximate surface area is 151 Å². The Kier molecular flexibility index (Phi) is 6.95. The molecule has 6 heteroatoms. The van der Waals surface area contributed by atoms with E-state index in [1.807, 2.05) is 63.3 Å². The molecule has 0 unspecified atom stereocenters. The topological polar surface area (TPSA) is 54.0 Å². The van der Waals surface area contributed by atoms with Gasteiger partial charge in [-0.05, 0) is 32.8 Å². The molecule has 0 N–H and O–H groups in total. The van der Waals surface area contributed by atoms with E-state index in [4.69, 9.17) is 18.0 Å². The Morgan fingerprint density at radius 3 is 2.16 bits per heavy atom. The van der Waals surface area contributed by atoms with Gasteiger partial charge in [0, 0.05) is 19.8 Å². The monoisotopic (exact) mass is 364 g/mol. The molecule has 0 aromatic heterocycles. The minimum atomic E-state index is -2.97. The minimum Gasteiger partial charge on any atom is -0.468 e. The number of carbonyl (C=O) groups is 1. The standard InChI is InChI=1S/C19H28O5Si/c1-5-22-25(23-6-2,24-7-3)17-15-19(17,18(20)21-4)14-13-16-11-9-8-10-12-16/h8-14,17H,5-7,15H2,1-4H3/b14-13+/t17-,19-/m1/s1. The molecule has 0 spiro atoms. The first-order chi connectivity index (χ1) is 12.1. The van der Waals surface area contributed by atoms with Crippen LogP contribution in [0.5, 0.6) is 0 Å². The van der Waals surface area contributed by atoms with Gasteiger partial charge in [0.25, 0.3) is 0 Å². The number of esters is 1. The van der Waals surface area contributed by atoms with E-state index in [0.29, 0.717) is 26.2 Å². The molecule has 0 heterocycles. The molecule has 0 radical (unpaired) electrons. The number of ether oxygens (including phenoxy) is 1. The lowest BCUT2D eigenvalue weighted by Gasteiger charge is -2.30. The predicted octanol–water partition coefficient (Wildman–Crippen LogP) is 3.68. The first kappa shape index (κ1) is 19.8. The fourth-order valence-electron chi connectivity index (χ4n) is 3.23. The summed E-state index contributed by atoms with van der Waals surface area (Å²) in [4.78, 5) is 12.6. The summed E-state index contributed by atoms with van der Waals surface area (Å²) in [6, 6.07) is 9.89. The van der Waals surface area contributed by atoms with Crippen LogP contribution < -0.4 is 0 Å². The summed E-state index contributed by atoms with van der Waals surface area (Å²) in [5, 5.41) is 0. The number of rotatable bonds is 10. The number of hydrogen-bond donors (Lipinski definition) is 0. The van der Waals surface area contributed by atoms with Crippen molar-refractivity contribution in [3.63, 3.8) is 0 Å². The largest absolute Gasteiger partial charge is 0.505 e. The Balaban J connectivity index is 2.33. The Bertz CT molecular complexity index is 572. The molecule has 2 rings (SSSR count). The molecule has 1 saturated carbocycles. The van der Waals surface area contributed by atoms with Gasteiger partial charge >= 0.3 is 14.8 Å². The number of benzene rings is 1. The van der Waals surface area contributed by atoms with E-state index in [-0.39, 0.29) is 11.5 Å². The van der Waals surface area contributed by atoms with E-state index in [0.717, 1.165) is 5.56 Å². The van der Waals surface area contributed by atoms with Crippen molar-refractivity contribution in [3.8, 4) is 0 Å². The maximum absolute atomic E-state index is 12.6. The highest BCUT2D eigenvalue weighted by atomic mass is 28.4. The van der Waals surface area contributed by atoms with Gasteiger partial charge in [0.15, 0.2) is 0 Å². The van der Waals surface area contributed by atoms with Gasteiger partial charge in [-0.1, -0.05) is 42.5 Å². The highest BCUT2D eigenvalue weighted by molar-refractivity contribution is 6.64. The van der Waals surface area contributed by atoms with Gasteiger partial charge in [0.1, 0.15) is 0 Å². The molecule has 2 atom stereocenters. The van der Waals surface area contributed by atoms with Crippen LogP contribution in [-0.2, 0) is 22.8 Å². The van der Waals surface area contributed by atoms with Crippen LogP contribution in [-0.4, -0.2) is 41.7 Å². The number of hydrogen-bond acceptors (Lipinski definition) is 5. The summed E-state index contributed by atoms with van der Waals surface area (Å²) in [5.74, 6) is -0.263.